The topological polar surface area (TPSA) is 47.3 Å². The van der Waals surface area contributed by atoms with Crippen molar-refractivity contribution < 1.29 is 4.74 Å². The Morgan fingerprint density at radius 3 is 2.67 bits per heavy atom. The van der Waals surface area contributed by atoms with Gasteiger partial charge >= 0.3 is 0 Å². The van der Waals surface area contributed by atoms with Crippen LogP contribution < -0.4 is 11.1 Å². The summed E-state index contributed by atoms with van der Waals surface area (Å²) in [7, 11) is 3.88. The average molecular weight is 252 g/mol. The van der Waals surface area contributed by atoms with Crippen LogP contribution in [0.2, 0.25) is 0 Å². The molecule has 0 aromatic carbocycles. The smallest absolute Gasteiger partial charge is 0.0474 e. The van der Waals surface area contributed by atoms with Crippen LogP contribution in [0.4, 0.5) is 0 Å². The molecule has 0 aliphatic heterocycles. The lowest BCUT2D eigenvalue weighted by Crippen LogP contribution is -2.20. The lowest BCUT2D eigenvalue weighted by atomic mass is 10.4. The third kappa shape index (κ3) is 14.6. The molecular weight excluding hydrogens is 228 g/mol. The number of hydrogen-bond acceptors (Lipinski definition) is 5. The van der Waals surface area contributed by atoms with Gasteiger partial charge in [0.25, 0.3) is 0 Å². The van der Waals surface area contributed by atoms with Crippen LogP contribution >= 0.6 is 21.6 Å². The minimum absolute atomic E-state index is 0.784. The molecule has 3 N–H and O–H groups in total. The fourth-order valence-electron chi connectivity index (χ4n) is 0.948. The Hall–Kier alpha value is 0.580. The van der Waals surface area contributed by atoms with E-state index in [2.05, 4.69) is 5.32 Å². The summed E-state index contributed by atoms with van der Waals surface area (Å²) in [6.07, 6.45) is 2.23. The highest BCUT2D eigenvalue weighted by molar-refractivity contribution is 8.76. The van der Waals surface area contributed by atoms with E-state index in [1.165, 1.54) is 11.5 Å². The lowest BCUT2D eigenvalue weighted by Gasteiger charge is -2.03. The summed E-state index contributed by atoms with van der Waals surface area (Å²) in [5.41, 5.74) is 5.39. The normalized spacial score (nSPS) is 10.8. The number of hydrogen-bond donors (Lipinski definition) is 2. The highest BCUT2D eigenvalue weighted by Crippen LogP contribution is 2.20. The van der Waals surface area contributed by atoms with Gasteiger partial charge in [0.2, 0.25) is 0 Å². The zero-order valence-corrected chi connectivity index (χ0v) is 11.3. The molecule has 0 bridgehead atoms. The molecule has 0 amide bonds. The summed E-state index contributed by atoms with van der Waals surface area (Å²) in [5.74, 6) is 2.36. The van der Waals surface area contributed by atoms with Gasteiger partial charge in [-0.2, -0.15) is 0 Å². The van der Waals surface area contributed by atoms with Crippen molar-refractivity contribution in [3.63, 3.8) is 0 Å². The van der Waals surface area contributed by atoms with Gasteiger partial charge in [-0.15, -0.1) is 0 Å². The largest absolute Gasteiger partial charge is 0.382 e. The summed E-state index contributed by atoms with van der Waals surface area (Å²) in [5, 5.41) is 3.36. The van der Waals surface area contributed by atoms with Gasteiger partial charge in [-0.3, -0.25) is 0 Å². The summed E-state index contributed by atoms with van der Waals surface area (Å²) in [6.45, 7) is 6.69. The predicted octanol–water partition coefficient (Wildman–Crippen LogP) is 1.73. The number of nitrogens with two attached hydrogens (primary N) is 1. The summed E-state index contributed by atoms with van der Waals surface area (Å²) in [4.78, 5) is 0. The Morgan fingerprint density at radius 1 is 1.13 bits per heavy atom. The van der Waals surface area contributed by atoms with E-state index in [4.69, 9.17) is 10.5 Å². The maximum absolute atomic E-state index is 5.39. The number of nitrogens with one attached hydrogen (secondary N) is 1. The maximum Gasteiger partial charge on any atom is 0.0474 e. The number of ether oxygens (including phenoxy) is 1. The summed E-state index contributed by atoms with van der Waals surface area (Å²) < 4.78 is 5.26. The van der Waals surface area contributed by atoms with Crippen LogP contribution in [0.15, 0.2) is 0 Å². The number of rotatable bonds is 12. The van der Waals surface area contributed by atoms with Crippen molar-refractivity contribution >= 4 is 21.6 Å². The van der Waals surface area contributed by atoms with Crippen LogP contribution in [-0.4, -0.2) is 44.4 Å². The molecule has 0 aliphatic carbocycles. The molecule has 0 atom stereocenters. The van der Waals surface area contributed by atoms with Crippen molar-refractivity contribution in [1.29, 1.82) is 0 Å². The van der Waals surface area contributed by atoms with Gasteiger partial charge in [-0.1, -0.05) is 21.6 Å². The Labute approximate surface area is 102 Å². The van der Waals surface area contributed by atoms with Crippen molar-refractivity contribution in [2.75, 3.05) is 44.4 Å². The van der Waals surface area contributed by atoms with E-state index in [0.717, 1.165) is 45.7 Å². The van der Waals surface area contributed by atoms with Gasteiger partial charge in [0, 0.05) is 31.3 Å². The molecule has 15 heavy (non-hydrogen) atoms. The second-order valence-electron chi connectivity index (χ2n) is 3.09. The average Bonchev–Trinajstić information content (AvgIpc) is 2.26. The van der Waals surface area contributed by atoms with Gasteiger partial charge in [0.05, 0.1) is 0 Å². The molecule has 0 aromatic rings. The first-order valence-electron chi connectivity index (χ1n) is 5.64. The molecule has 0 spiro atoms. The van der Waals surface area contributed by atoms with Crippen molar-refractivity contribution in [2.45, 2.75) is 19.8 Å². The van der Waals surface area contributed by atoms with Crippen LogP contribution in [-0.2, 0) is 4.74 Å². The summed E-state index contributed by atoms with van der Waals surface area (Å²) in [6, 6.07) is 0. The first kappa shape index (κ1) is 15.6. The minimum Gasteiger partial charge on any atom is -0.382 e. The van der Waals surface area contributed by atoms with Crippen LogP contribution in [0, 0.1) is 0 Å². The van der Waals surface area contributed by atoms with Crippen molar-refractivity contribution in [3.8, 4) is 0 Å². The Balaban J connectivity index is 2.81. The zero-order valence-electron chi connectivity index (χ0n) is 9.67. The SMILES string of the molecule is CCOCCCSSCCNCCCN. The fraction of sp³-hybridized carbons (Fsp3) is 1.00. The zero-order chi connectivity index (χ0) is 11.2. The predicted molar refractivity (Wildman–Crippen MR) is 72.6 cm³/mol. The van der Waals surface area contributed by atoms with E-state index >= 15 is 0 Å². The van der Waals surface area contributed by atoms with Gasteiger partial charge in [-0.05, 0) is 32.9 Å². The molecule has 0 rings (SSSR count). The van der Waals surface area contributed by atoms with Gasteiger partial charge < -0.3 is 15.8 Å². The van der Waals surface area contributed by atoms with Gasteiger partial charge in [0.1, 0.15) is 0 Å². The maximum atomic E-state index is 5.39. The highest BCUT2D eigenvalue weighted by Gasteiger charge is 1.91. The molecule has 3 nitrogen and oxygen atoms in total. The van der Waals surface area contributed by atoms with Crippen molar-refractivity contribution in [2.24, 2.45) is 5.73 Å². The molecule has 0 radical (unpaired) electrons. The van der Waals surface area contributed by atoms with Gasteiger partial charge in [-0.25, -0.2) is 0 Å². The monoisotopic (exact) mass is 252 g/mol. The standard InChI is InChI=1S/C10H24N2OS2/c1-2-13-8-4-9-14-15-10-7-12-6-3-5-11/h12H,2-11H2,1H3. The van der Waals surface area contributed by atoms with Gasteiger partial charge in [0.15, 0.2) is 0 Å². The fourth-order valence-corrected chi connectivity index (χ4v) is 2.96. The quantitative estimate of drug-likeness (QED) is 0.409. The Morgan fingerprint density at radius 2 is 1.93 bits per heavy atom. The Kier molecular flexibility index (Phi) is 15.1. The van der Waals surface area contributed by atoms with E-state index in [0.29, 0.717) is 0 Å². The van der Waals surface area contributed by atoms with Crippen LogP contribution in [0.25, 0.3) is 0 Å². The van der Waals surface area contributed by atoms with E-state index in [1.54, 1.807) is 0 Å². The molecule has 92 valence electrons. The molecule has 0 unspecified atom stereocenters. The van der Waals surface area contributed by atoms with Crippen LogP contribution in [0.1, 0.15) is 19.8 Å². The molecule has 0 aromatic heterocycles. The third-order valence-corrected chi connectivity index (χ3v) is 4.22. The lowest BCUT2D eigenvalue weighted by molar-refractivity contribution is 0.149. The molecule has 5 heteroatoms. The first-order chi connectivity index (χ1) is 7.41. The van der Waals surface area contributed by atoms with E-state index in [-0.39, 0.29) is 0 Å². The first-order valence-corrected chi connectivity index (χ1v) is 8.13. The molecule has 0 saturated carbocycles. The molecule has 0 heterocycles. The molecule has 0 aliphatic rings. The third-order valence-electron chi connectivity index (χ3n) is 1.72. The van der Waals surface area contributed by atoms with E-state index in [1.807, 2.05) is 28.5 Å². The van der Waals surface area contributed by atoms with Crippen molar-refractivity contribution in [3.05, 3.63) is 0 Å². The van der Waals surface area contributed by atoms with E-state index < -0.39 is 0 Å². The van der Waals surface area contributed by atoms with Crippen LogP contribution in [0.3, 0.4) is 0 Å². The molecular formula is C10H24N2OS2. The van der Waals surface area contributed by atoms with Crippen molar-refractivity contribution in [1.82, 2.24) is 5.32 Å². The van der Waals surface area contributed by atoms with E-state index in [9.17, 15) is 0 Å². The highest BCUT2D eigenvalue weighted by atomic mass is 33.1. The molecule has 0 saturated heterocycles. The second kappa shape index (κ2) is 14.6. The summed E-state index contributed by atoms with van der Waals surface area (Å²) >= 11 is 0. The second-order valence-corrected chi connectivity index (χ2v) is 5.79. The molecule has 0 fully saturated rings. The Bertz CT molecular complexity index is 106. The minimum atomic E-state index is 0.784. The van der Waals surface area contributed by atoms with Crippen LogP contribution in [0.5, 0.6) is 0 Å².